The van der Waals surface area contributed by atoms with Gasteiger partial charge in [0, 0.05) is 20.1 Å². The molecule has 300 valence electrons. The summed E-state index contributed by atoms with van der Waals surface area (Å²) in [6.07, 6.45) is 20.9. The molecule has 6 nitrogen and oxygen atoms in total. The van der Waals surface area contributed by atoms with Crippen LogP contribution in [0.3, 0.4) is 0 Å². The van der Waals surface area contributed by atoms with Crippen molar-refractivity contribution in [2.24, 2.45) is 0 Å². The lowest BCUT2D eigenvalue weighted by molar-refractivity contribution is -0.222. The van der Waals surface area contributed by atoms with Crippen molar-refractivity contribution < 1.29 is 28.4 Å². The molecule has 0 aliphatic carbocycles. The molecule has 0 spiro atoms. The highest BCUT2D eigenvalue weighted by molar-refractivity contribution is 5.15. The average molecular weight is 745 g/mol. The van der Waals surface area contributed by atoms with Crippen LogP contribution in [0.25, 0.3) is 0 Å². The second kappa shape index (κ2) is 28.8. The monoisotopic (exact) mass is 745 g/mol. The fourth-order valence-corrected chi connectivity index (χ4v) is 7.38. The van der Waals surface area contributed by atoms with E-state index in [4.69, 9.17) is 28.4 Å². The molecular weight excluding hydrogens is 673 g/mol. The predicted molar refractivity (Wildman–Crippen MR) is 221 cm³/mol. The van der Waals surface area contributed by atoms with Crippen molar-refractivity contribution >= 4 is 0 Å². The van der Waals surface area contributed by atoms with Gasteiger partial charge in [0.15, 0.2) is 0 Å². The van der Waals surface area contributed by atoms with Crippen LogP contribution in [0.15, 0.2) is 91.0 Å². The zero-order chi connectivity index (χ0) is 37.7. The van der Waals surface area contributed by atoms with Crippen LogP contribution in [0.1, 0.15) is 133 Å². The van der Waals surface area contributed by atoms with Gasteiger partial charge in [-0.1, -0.05) is 181 Å². The summed E-state index contributed by atoms with van der Waals surface area (Å²) in [5, 5.41) is 0. The summed E-state index contributed by atoms with van der Waals surface area (Å²) < 4.78 is 38.4. The number of methoxy groups -OCH3 is 1. The summed E-state index contributed by atoms with van der Waals surface area (Å²) in [7, 11) is 1.79. The first-order valence-corrected chi connectivity index (χ1v) is 21.4. The molecule has 1 aliphatic heterocycles. The molecule has 3 aromatic carbocycles. The molecule has 3 aromatic rings. The van der Waals surface area contributed by atoms with Gasteiger partial charge in [0.2, 0.25) is 0 Å². The predicted octanol–water partition coefficient (Wildman–Crippen LogP) is 11.8. The Bertz CT molecular complexity index is 1270. The molecule has 5 atom stereocenters. The summed E-state index contributed by atoms with van der Waals surface area (Å²) in [6, 6.07) is 31.0. The van der Waals surface area contributed by atoms with Gasteiger partial charge in [-0.25, -0.2) is 0 Å². The Labute approximate surface area is 328 Å². The first-order chi connectivity index (χ1) is 26.7. The zero-order valence-corrected chi connectivity index (χ0v) is 33.8. The molecule has 4 rings (SSSR count). The van der Waals surface area contributed by atoms with Crippen molar-refractivity contribution in [2.45, 2.75) is 166 Å². The van der Waals surface area contributed by atoms with Crippen molar-refractivity contribution in [1.82, 2.24) is 0 Å². The minimum Gasteiger partial charge on any atom is -0.379 e. The normalized spacial score (nSPS) is 19.2. The number of hydrogen-bond acceptors (Lipinski definition) is 6. The van der Waals surface area contributed by atoms with E-state index in [1.165, 1.54) is 83.5 Å². The molecule has 54 heavy (non-hydrogen) atoms. The number of rotatable bonds is 31. The number of benzene rings is 3. The molecule has 0 bridgehead atoms. The van der Waals surface area contributed by atoms with Crippen molar-refractivity contribution in [3.8, 4) is 0 Å². The van der Waals surface area contributed by atoms with Gasteiger partial charge in [-0.3, -0.25) is 0 Å². The van der Waals surface area contributed by atoms with E-state index in [2.05, 4.69) is 55.5 Å². The Balaban J connectivity index is 1.20. The average Bonchev–Trinajstić information content (AvgIpc) is 3.21. The van der Waals surface area contributed by atoms with Crippen LogP contribution in [0.2, 0.25) is 0 Å². The highest BCUT2D eigenvalue weighted by Gasteiger charge is 2.40. The topological polar surface area (TPSA) is 55.4 Å². The van der Waals surface area contributed by atoms with Gasteiger partial charge in [-0.15, -0.1) is 0 Å². The lowest BCUT2D eigenvalue weighted by Crippen LogP contribution is -2.52. The first-order valence-electron chi connectivity index (χ1n) is 21.4. The van der Waals surface area contributed by atoms with E-state index in [9.17, 15) is 0 Å². The van der Waals surface area contributed by atoms with Crippen LogP contribution < -0.4 is 0 Å². The van der Waals surface area contributed by atoms with E-state index in [-0.39, 0.29) is 30.5 Å². The molecule has 1 heterocycles. The summed E-state index contributed by atoms with van der Waals surface area (Å²) in [6.45, 7) is 5.66. The summed E-state index contributed by atoms with van der Waals surface area (Å²) in [5.74, 6) is 0. The lowest BCUT2D eigenvalue weighted by Gasteiger charge is -2.42. The lowest BCUT2D eigenvalue weighted by atomic mass is 9.94. The van der Waals surface area contributed by atoms with Crippen LogP contribution in [0.5, 0.6) is 0 Å². The molecule has 0 unspecified atom stereocenters. The standard InChI is InChI=1S/C48H72O6/c1-3-4-5-6-7-8-9-10-11-12-13-14-15-25-34-50-39-45(49-2)33-32-44-35-46(52-37-42-28-21-17-22-29-42)48(53-38-43-30-23-18-24-31-43)47(54-44)40-51-36-41-26-19-16-20-27-41/h16-24,26-31,44-48H,3-15,25,32-40H2,1-2H3/t44-,45-,46+,47+,48-/m0/s1. The van der Waals surface area contributed by atoms with Gasteiger partial charge in [0.25, 0.3) is 0 Å². The second-order valence-corrected chi connectivity index (χ2v) is 15.2. The maximum atomic E-state index is 6.81. The maximum absolute atomic E-state index is 6.81. The van der Waals surface area contributed by atoms with Crippen molar-refractivity contribution in [1.29, 1.82) is 0 Å². The van der Waals surface area contributed by atoms with E-state index < -0.39 is 0 Å². The minimum atomic E-state index is -0.271. The Morgan fingerprint density at radius 1 is 0.593 bits per heavy atom. The summed E-state index contributed by atoms with van der Waals surface area (Å²) in [4.78, 5) is 0. The molecule has 1 aliphatic rings. The van der Waals surface area contributed by atoms with E-state index >= 15 is 0 Å². The van der Waals surface area contributed by atoms with Crippen LogP contribution in [-0.2, 0) is 48.2 Å². The van der Waals surface area contributed by atoms with E-state index in [1.54, 1.807) is 7.11 Å². The first kappa shape index (κ1) is 44.1. The van der Waals surface area contributed by atoms with E-state index in [0.717, 1.165) is 49.0 Å². The van der Waals surface area contributed by atoms with E-state index in [0.29, 0.717) is 33.0 Å². The Morgan fingerprint density at radius 2 is 1.09 bits per heavy atom. The Kier molecular flexibility index (Phi) is 23.5. The Hall–Kier alpha value is -2.58. The van der Waals surface area contributed by atoms with Gasteiger partial charge in [-0.2, -0.15) is 0 Å². The third-order valence-corrected chi connectivity index (χ3v) is 10.7. The van der Waals surface area contributed by atoms with Gasteiger partial charge in [-0.05, 0) is 36.0 Å². The number of ether oxygens (including phenoxy) is 6. The summed E-state index contributed by atoms with van der Waals surface area (Å²) in [5.41, 5.74) is 3.41. The smallest absolute Gasteiger partial charge is 0.113 e. The third-order valence-electron chi connectivity index (χ3n) is 10.7. The van der Waals surface area contributed by atoms with Crippen molar-refractivity contribution in [2.75, 3.05) is 26.9 Å². The number of unbranched alkanes of at least 4 members (excludes halogenated alkanes) is 13. The third kappa shape index (κ3) is 18.8. The summed E-state index contributed by atoms with van der Waals surface area (Å²) >= 11 is 0. The quantitative estimate of drug-likeness (QED) is 0.0612. The molecule has 0 saturated carbocycles. The molecule has 0 radical (unpaired) electrons. The number of hydrogen-bond donors (Lipinski definition) is 0. The molecule has 1 saturated heterocycles. The molecule has 0 N–H and O–H groups in total. The van der Waals surface area contributed by atoms with Crippen molar-refractivity contribution in [3.05, 3.63) is 108 Å². The maximum Gasteiger partial charge on any atom is 0.113 e. The molecule has 0 aromatic heterocycles. The Morgan fingerprint density at radius 3 is 1.63 bits per heavy atom. The van der Waals surface area contributed by atoms with Gasteiger partial charge >= 0.3 is 0 Å². The van der Waals surface area contributed by atoms with Crippen LogP contribution >= 0.6 is 0 Å². The largest absolute Gasteiger partial charge is 0.379 e. The molecular formula is C48H72O6. The van der Waals surface area contributed by atoms with Crippen LogP contribution in [0, 0.1) is 0 Å². The van der Waals surface area contributed by atoms with Crippen molar-refractivity contribution in [3.63, 3.8) is 0 Å². The highest BCUT2D eigenvalue weighted by atomic mass is 16.6. The zero-order valence-electron chi connectivity index (χ0n) is 33.8. The van der Waals surface area contributed by atoms with Crippen LogP contribution in [-0.4, -0.2) is 57.5 Å². The van der Waals surface area contributed by atoms with Crippen LogP contribution in [0.4, 0.5) is 0 Å². The second-order valence-electron chi connectivity index (χ2n) is 15.2. The molecule has 6 heteroatoms. The highest BCUT2D eigenvalue weighted by Crippen LogP contribution is 2.30. The molecule has 1 fully saturated rings. The minimum absolute atomic E-state index is 0.00359. The SMILES string of the molecule is CCCCCCCCCCCCCCCCOC[C@H](CC[C@H]1C[C@@H](OCc2ccccc2)[C@H](OCc2ccccc2)[C@@H](COCc2ccccc2)O1)OC. The van der Waals surface area contributed by atoms with E-state index in [1.807, 2.05) is 42.5 Å². The van der Waals surface area contributed by atoms with Gasteiger partial charge in [0.05, 0.1) is 51.3 Å². The molecule has 0 amide bonds. The fraction of sp³-hybridized carbons (Fsp3) is 0.625. The van der Waals surface area contributed by atoms with Gasteiger partial charge < -0.3 is 28.4 Å². The van der Waals surface area contributed by atoms with Gasteiger partial charge in [0.1, 0.15) is 12.2 Å². The fourth-order valence-electron chi connectivity index (χ4n) is 7.38.